The Morgan fingerprint density at radius 1 is 1.12 bits per heavy atom. The van der Waals surface area contributed by atoms with E-state index in [1.54, 1.807) is 20.4 Å². The standard InChI is InChI=1S/C32H39N3O.C6H14/c1-21(10-11-25-8-7-9-26(14-16-33)23(25)3)32-29(15-17-36-6)22(2)18-28-19-27(12-13-30(28)32)31(20-34)24(4)35-5;1-5-6(2,3)4/h10-14,16,18-20,33H,3,7-9,15,17,34H2,1-2,4-6H3;5H2,1-4H3/b21-10+,25-11-,26-14-,31-20+,33-16?,35-24?;. The van der Waals surface area contributed by atoms with E-state index in [1.165, 1.54) is 51.2 Å². The third-order valence-corrected chi connectivity index (χ3v) is 8.17. The third-order valence-electron chi connectivity index (χ3n) is 8.17. The van der Waals surface area contributed by atoms with Gasteiger partial charge < -0.3 is 15.9 Å². The quantitative estimate of drug-likeness (QED) is 0.312. The van der Waals surface area contributed by atoms with Crippen molar-refractivity contribution in [2.75, 3.05) is 20.8 Å². The minimum Gasteiger partial charge on any atom is -0.404 e. The first-order chi connectivity index (χ1) is 19.9. The van der Waals surface area contributed by atoms with Gasteiger partial charge in [0, 0.05) is 37.9 Å². The van der Waals surface area contributed by atoms with E-state index in [0.29, 0.717) is 12.0 Å². The minimum atomic E-state index is 0.542. The molecule has 0 unspecified atom stereocenters. The second-order valence-electron chi connectivity index (χ2n) is 12.3. The van der Waals surface area contributed by atoms with Crippen LogP contribution >= 0.6 is 0 Å². The molecule has 226 valence electrons. The van der Waals surface area contributed by atoms with Crippen molar-refractivity contribution in [1.82, 2.24) is 0 Å². The molecule has 4 heteroatoms. The maximum Gasteiger partial charge on any atom is 0.0502 e. The van der Waals surface area contributed by atoms with E-state index in [4.69, 9.17) is 15.9 Å². The number of nitrogens with zero attached hydrogens (tertiary/aromatic N) is 1. The van der Waals surface area contributed by atoms with Crippen molar-refractivity contribution in [2.24, 2.45) is 16.1 Å². The van der Waals surface area contributed by atoms with Gasteiger partial charge >= 0.3 is 0 Å². The molecule has 3 N–H and O–H groups in total. The molecule has 1 aliphatic carbocycles. The van der Waals surface area contributed by atoms with Crippen molar-refractivity contribution in [3.05, 3.63) is 94.2 Å². The zero-order chi connectivity index (χ0) is 31.4. The summed E-state index contributed by atoms with van der Waals surface area (Å²) < 4.78 is 5.45. The van der Waals surface area contributed by atoms with E-state index in [-0.39, 0.29) is 0 Å². The van der Waals surface area contributed by atoms with E-state index in [2.05, 4.69) is 89.5 Å². The Kier molecular flexibility index (Phi) is 13.4. The summed E-state index contributed by atoms with van der Waals surface area (Å²) in [4.78, 5) is 4.33. The van der Waals surface area contributed by atoms with Gasteiger partial charge in [0.25, 0.3) is 0 Å². The van der Waals surface area contributed by atoms with Gasteiger partial charge in [0.15, 0.2) is 0 Å². The van der Waals surface area contributed by atoms with Gasteiger partial charge in [-0.1, -0.05) is 71.0 Å². The third kappa shape index (κ3) is 9.25. The number of benzene rings is 2. The number of aryl methyl sites for hydroxylation is 1. The second-order valence-corrected chi connectivity index (χ2v) is 12.3. The number of rotatable bonds is 8. The normalized spacial score (nSPS) is 17.1. The highest BCUT2D eigenvalue weighted by Crippen LogP contribution is 2.35. The highest BCUT2D eigenvalue weighted by molar-refractivity contribution is 6.23. The Morgan fingerprint density at radius 3 is 2.31 bits per heavy atom. The first kappa shape index (κ1) is 34.7. The van der Waals surface area contributed by atoms with Crippen molar-refractivity contribution in [3.63, 3.8) is 0 Å². The number of hydrogen-bond donors (Lipinski definition) is 2. The van der Waals surface area contributed by atoms with Crippen LogP contribution in [0.25, 0.3) is 21.9 Å². The molecule has 0 amide bonds. The number of hydrogen-bond acceptors (Lipinski definition) is 4. The molecule has 4 nitrogen and oxygen atoms in total. The van der Waals surface area contributed by atoms with Crippen LogP contribution in [0, 0.1) is 17.7 Å². The number of aliphatic imine (C=N–C) groups is 1. The first-order valence-electron chi connectivity index (χ1n) is 15.1. The molecule has 0 atom stereocenters. The van der Waals surface area contributed by atoms with E-state index < -0.39 is 0 Å². The van der Waals surface area contributed by atoms with Crippen LogP contribution in [0.1, 0.15) is 89.5 Å². The van der Waals surface area contributed by atoms with Crippen LogP contribution < -0.4 is 5.73 Å². The molecule has 2 aromatic rings. The summed E-state index contributed by atoms with van der Waals surface area (Å²) in [5.74, 6) is 0. The van der Waals surface area contributed by atoms with Gasteiger partial charge in [0.2, 0.25) is 0 Å². The van der Waals surface area contributed by atoms with Gasteiger partial charge in [-0.3, -0.25) is 4.99 Å². The van der Waals surface area contributed by atoms with Crippen LogP contribution in [0.5, 0.6) is 0 Å². The molecule has 1 aliphatic rings. The first-order valence-corrected chi connectivity index (χ1v) is 15.1. The summed E-state index contributed by atoms with van der Waals surface area (Å²) in [5.41, 5.74) is 18.0. The van der Waals surface area contributed by atoms with Gasteiger partial charge in [0.1, 0.15) is 0 Å². The number of nitrogens with one attached hydrogen (secondary N) is 1. The largest absolute Gasteiger partial charge is 0.404 e. The maximum atomic E-state index is 7.44. The fourth-order valence-electron chi connectivity index (χ4n) is 5.03. The number of ether oxygens (including phenoxy) is 1. The minimum absolute atomic E-state index is 0.542. The summed E-state index contributed by atoms with van der Waals surface area (Å²) in [7, 11) is 3.54. The molecule has 2 aromatic carbocycles. The fourth-order valence-corrected chi connectivity index (χ4v) is 5.03. The molecule has 3 rings (SSSR count). The SMILES string of the molecule is C=C1/C(=C\C=N)CCC/C1=C/C=C(\C)c1c(CCOC)c(C)cc2cc(/C(=C/N)C(C)=NC)ccc12.CCC(C)(C)C. The Hall–Kier alpha value is -3.50. The number of allylic oxidation sites excluding steroid dienone is 8. The van der Waals surface area contributed by atoms with Crippen LogP contribution in [0.3, 0.4) is 0 Å². The maximum absolute atomic E-state index is 7.44. The van der Waals surface area contributed by atoms with E-state index in [0.717, 1.165) is 53.7 Å². The predicted molar refractivity (Wildman–Crippen MR) is 187 cm³/mol. The Bertz CT molecular complexity index is 1420. The lowest BCUT2D eigenvalue weighted by atomic mass is 9.84. The molecule has 0 bridgehead atoms. The van der Waals surface area contributed by atoms with Gasteiger partial charge in [-0.15, -0.1) is 0 Å². The van der Waals surface area contributed by atoms with Crippen LogP contribution in [-0.4, -0.2) is 32.7 Å². The summed E-state index contributed by atoms with van der Waals surface area (Å²) >= 11 is 0. The lowest BCUT2D eigenvalue weighted by molar-refractivity contribution is 0.202. The molecule has 1 fully saturated rings. The van der Waals surface area contributed by atoms with Gasteiger partial charge in [-0.2, -0.15) is 0 Å². The Morgan fingerprint density at radius 2 is 1.76 bits per heavy atom. The van der Waals surface area contributed by atoms with Crippen molar-refractivity contribution in [2.45, 2.75) is 80.6 Å². The van der Waals surface area contributed by atoms with Crippen molar-refractivity contribution < 1.29 is 4.74 Å². The lowest BCUT2D eigenvalue weighted by Crippen LogP contribution is -2.04. The van der Waals surface area contributed by atoms with E-state index in [9.17, 15) is 0 Å². The highest BCUT2D eigenvalue weighted by Gasteiger charge is 2.16. The highest BCUT2D eigenvalue weighted by atomic mass is 16.5. The predicted octanol–water partition coefficient (Wildman–Crippen LogP) is 9.82. The van der Waals surface area contributed by atoms with E-state index in [1.807, 2.05) is 13.0 Å². The summed E-state index contributed by atoms with van der Waals surface area (Å²) in [5, 5.41) is 9.84. The summed E-state index contributed by atoms with van der Waals surface area (Å²) in [6.07, 6.45) is 14.5. The van der Waals surface area contributed by atoms with Gasteiger partial charge in [-0.25, -0.2) is 0 Å². The second kappa shape index (κ2) is 16.2. The van der Waals surface area contributed by atoms with Gasteiger partial charge in [0.05, 0.1) is 6.61 Å². The Balaban J connectivity index is 0.000000928. The topological polar surface area (TPSA) is 71.5 Å². The lowest BCUT2D eigenvalue weighted by Gasteiger charge is -2.20. The molecule has 0 spiro atoms. The van der Waals surface area contributed by atoms with Crippen LogP contribution in [0.2, 0.25) is 0 Å². The molecular formula is C38H53N3O. The molecule has 0 radical (unpaired) electrons. The zero-order valence-electron chi connectivity index (χ0n) is 27.6. The number of methoxy groups -OCH3 is 1. The van der Waals surface area contributed by atoms with Crippen LogP contribution in [-0.2, 0) is 11.2 Å². The summed E-state index contributed by atoms with van der Waals surface area (Å²) in [6, 6.07) is 8.82. The molecule has 42 heavy (non-hydrogen) atoms. The van der Waals surface area contributed by atoms with Crippen LogP contribution in [0.15, 0.2) is 77.0 Å². The molecule has 0 heterocycles. The molecular weight excluding hydrogens is 514 g/mol. The monoisotopic (exact) mass is 567 g/mol. The zero-order valence-corrected chi connectivity index (χ0v) is 27.6. The van der Waals surface area contributed by atoms with Crippen molar-refractivity contribution in [3.8, 4) is 0 Å². The molecule has 0 aromatic heterocycles. The van der Waals surface area contributed by atoms with Crippen LogP contribution in [0.4, 0.5) is 0 Å². The van der Waals surface area contributed by atoms with Crippen molar-refractivity contribution in [1.29, 1.82) is 5.41 Å². The Labute approximate surface area is 255 Å². The number of fused-ring (bicyclic) bond motifs is 1. The molecule has 0 aliphatic heterocycles. The average molecular weight is 568 g/mol. The number of nitrogens with two attached hydrogens (primary N) is 1. The van der Waals surface area contributed by atoms with Gasteiger partial charge in [-0.05, 0) is 119 Å². The molecule has 0 saturated heterocycles. The smallest absolute Gasteiger partial charge is 0.0502 e. The molecule has 1 saturated carbocycles. The van der Waals surface area contributed by atoms with Crippen molar-refractivity contribution >= 4 is 33.8 Å². The fraction of sp³-hybridized carbons (Fsp3) is 0.421. The average Bonchev–Trinajstić information content (AvgIpc) is 2.96. The summed E-state index contributed by atoms with van der Waals surface area (Å²) in [6.45, 7) is 20.3. The van der Waals surface area contributed by atoms with E-state index >= 15 is 0 Å².